The van der Waals surface area contributed by atoms with Gasteiger partial charge in [0.15, 0.2) is 5.58 Å². The van der Waals surface area contributed by atoms with Gasteiger partial charge in [-0.15, -0.1) is 0 Å². The summed E-state index contributed by atoms with van der Waals surface area (Å²) in [4.78, 5) is 17.7. The summed E-state index contributed by atoms with van der Waals surface area (Å²) in [5.41, 5.74) is 6.09. The van der Waals surface area contributed by atoms with Crippen LogP contribution in [0.25, 0.3) is 33.1 Å². The van der Waals surface area contributed by atoms with Crippen LogP contribution in [0.4, 0.5) is 0 Å². The molecule has 5 aromatic rings. The van der Waals surface area contributed by atoms with Crippen LogP contribution in [0, 0.1) is 20.8 Å². The second-order valence-corrected chi connectivity index (χ2v) is 7.97. The zero-order chi connectivity index (χ0) is 22.6. The van der Waals surface area contributed by atoms with Gasteiger partial charge in [-0.25, -0.2) is 9.78 Å². The molecule has 1 atom stereocenters. The molecule has 3 aromatic heterocycles. The van der Waals surface area contributed by atoms with Gasteiger partial charge >= 0.3 is 5.76 Å². The topological polar surface area (TPSA) is 83.3 Å². The molecule has 0 aliphatic rings. The molecule has 0 fully saturated rings. The summed E-state index contributed by atoms with van der Waals surface area (Å²) in [5.74, 6) is 0.935. The van der Waals surface area contributed by atoms with Crippen molar-refractivity contribution >= 4 is 22.0 Å². The van der Waals surface area contributed by atoms with Crippen molar-refractivity contribution in [3.05, 3.63) is 75.7 Å². The van der Waals surface area contributed by atoms with Crippen LogP contribution >= 0.6 is 0 Å². The maximum absolute atomic E-state index is 13.0. The minimum Gasteiger partial charge on any atom is -0.496 e. The van der Waals surface area contributed by atoms with Crippen molar-refractivity contribution in [1.29, 1.82) is 0 Å². The molecular weight excluding hydrogens is 406 g/mol. The molecular formula is C25H23N3O4. The highest BCUT2D eigenvalue weighted by Gasteiger charge is 2.24. The lowest BCUT2D eigenvalue weighted by Crippen LogP contribution is -2.19. The second-order valence-electron chi connectivity index (χ2n) is 7.97. The summed E-state index contributed by atoms with van der Waals surface area (Å²) in [6.45, 7) is 7.60. The van der Waals surface area contributed by atoms with Crippen LogP contribution in [0.5, 0.6) is 5.75 Å². The third kappa shape index (κ3) is 2.92. The molecule has 0 spiro atoms. The van der Waals surface area contributed by atoms with E-state index in [0.29, 0.717) is 28.3 Å². The van der Waals surface area contributed by atoms with Gasteiger partial charge in [0.25, 0.3) is 0 Å². The zero-order valence-electron chi connectivity index (χ0n) is 18.6. The van der Waals surface area contributed by atoms with Crippen LogP contribution < -0.4 is 10.5 Å². The molecule has 0 aliphatic heterocycles. The molecule has 0 saturated carbocycles. The van der Waals surface area contributed by atoms with Crippen LogP contribution in [-0.2, 0) is 0 Å². The van der Waals surface area contributed by atoms with E-state index in [0.717, 1.165) is 33.3 Å². The van der Waals surface area contributed by atoms with Crippen LogP contribution in [0.15, 0.2) is 56.2 Å². The van der Waals surface area contributed by atoms with Crippen LogP contribution in [-0.4, -0.2) is 21.8 Å². The average molecular weight is 429 g/mol. The van der Waals surface area contributed by atoms with Crippen LogP contribution in [0.1, 0.15) is 35.7 Å². The van der Waals surface area contributed by atoms with Crippen molar-refractivity contribution in [2.75, 3.05) is 7.11 Å². The van der Waals surface area contributed by atoms with E-state index in [1.807, 2.05) is 70.2 Å². The van der Waals surface area contributed by atoms with Crippen LogP contribution in [0.2, 0.25) is 0 Å². The highest BCUT2D eigenvalue weighted by atomic mass is 16.5. The Morgan fingerprint density at radius 2 is 1.81 bits per heavy atom. The molecule has 7 heteroatoms. The lowest BCUT2D eigenvalue weighted by molar-refractivity contribution is 0.393. The first kappa shape index (κ1) is 20.1. The largest absolute Gasteiger partial charge is 0.496 e. The maximum atomic E-state index is 13.0. The quantitative estimate of drug-likeness (QED) is 0.383. The smallest absolute Gasteiger partial charge is 0.420 e. The number of nitrogens with zero attached hydrogens (tertiary/aromatic N) is 3. The summed E-state index contributed by atoms with van der Waals surface area (Å²) in [6, 6.07) is 13.5. The summed E-state index contributed by atoms with van der Waals surface area (Å²) in [7, 11) is 1.62. The number of rotatable bonds is 4. The maximum Gasteiger partial charge on any atom is 0.420 e. The zero-order valence-corrected chi connectivity index (χ0v) is 18.6. The van der Waals surface area contributed by atoms with Crippen LogP contribution in [0.3, 0.4) is 0 Å². The Hall–Kier alpha value is -3.87. The van der Waals surface area contributed by atoms with Gasteiger partial charge in [0.1, 0.15) is 17.0 Å². The summed E-state index contributed by atoms with van der Waals surface area (Å²) >= 11 is 0. The second kappa shape index (κ2) is 7.37. The lowest BCUT2D eigenvalue weighted by atomic mass is 10.00. The summed E-state index contributed by atoms with van der Waals surface area (Å²) in [5, 5.41) is 4.86. The van der Waals surface area contributed by atoms with Crippen molar-refractivity contribution in [3.63, 3.8) is 0 Å². The predicted molar refractivity (Wildman–Crippen MR) is 122 cm³/mol. The summed E-state index contributed by atoms with van der Waals surface area (Å²) < 4.78 is 18.5. The number of fused-ring (bicyclic) bond motifs is 3. The molecule has 7 nitrogen and oxygen atoms in total. The number of oxazole rings is 1. The van der Waals surface area contributed by atoms with E-state index in [1.165, 1.54) is 0 Å². The minimum atomic E-state index is -0.414. The molecule has 0 aliphatic carbocycles. The molecule has 2 aromatic carbocycles. The number of methoxy groups -OCH3 is 1. The highest BCUT2D eigenvalue weighted by molar-refractivity contribution is 6.05. The van der Waals surface area contributed by atoms with Crippen molar-refractivity contribution in [3.8, 4) is 16.9 Å². The fourth-order valence-electron chi connectivity index (χ4n) is 4.43. The Morgan fingerprint density at radius 1 is 1.06 bits per heavy atom. The van der Waals surface area contributed by atoms with E-state index >= 15 is 0 Å². The molecule has 0 N–H and O–H groups in total. The van der Waals surface area contributed by atoms with Gasteiger partial charge in [-0.3, -0.25) is 4.57 Å². The van der Waals surface area contributed by atoms with E-state index < -0.39 is 5.76 Å². The highest BCUT2D eigenvalue weighted by Crippen LogP contribution is 2.39. The molecule has 0 bridgehead atoms. The number of aromatic nitrogens is 3. The van der Waals surface area contributed by atoms with E-state index in [1.54, 1.807) is 11.7 Å². The molecule has 0 amide bonds. The van der Waals surface area contributed by atoms with Crippen molar-refractivity contribution in [2.45, 2.75) is 33.7 Å². The third-order valence-electron chi connectivity index (χ3n) is 6.00. The molecule has 3 heterocycles. The van der Waals surface area contributed by atoms with Gasteiger partial charge in [-0.05, 0) is 45.4 Å². The first-order valence-electron chi connectivity index (χ1n) is 10.4. The van der Waals surface area contributed by atoms with E-state index in [9.17, 15) is 4.79 Å². The van der Waals surface area contributed by atoms with Gasteiger partial charge in [0, 0.05) is 10.9 Å². The average Bonchev–Trinajstić information content (AvgIpc) is 3.32. The number of hydrogen-bond acceptors (Lipinski definition) is 6. The monoisotopic (exact) mass is 429 g/mol. The molecule has 5 rings (SSSR count). The van der Waals surface area contributed by atoms with E-state index in [-0.39, 0.29) is 6.04 Å². The van der Waals surface area contributed by atoms with Crippen molar-refractivity contribution in [1.82, 2.24) is 14.7 Å². The Kier molecular flexibility index (Phi) is 4.62. The molecule has 1 unspecified atom stereocenters. The van der Waals surface area contributed by atoms with E-state index in [2.05, 4.69) is 5.16 Å². The Labute approximate surface area is 184 Å². The van der Waals surface area contributed by atoms with Crippen molar-refractivity contribution in [2.24, 2.45) is 0 Å². The SMILES string of the molecule is COc1cc2c(cc1-c1c(C)noc1C)nc(C)c1oc(=O)n(C(C)c3ccccc3)c12. The number of ether oxygens (including phenoxy) is 1. The first-order valence-corrected chi connectivity index (χ1v) is 10.4. The normalized spacial score (nSPS) is 12.5. The summed E-state index contributed by atoms with van der Waals surface area (Å²) in [6.07, 6.45) is 0. The van der Waals surface area contributed by atoms with Gasteiger partial charge in [0.2, 0.25) is 0 Å². The van der Waals surface area contributed by atoms with Gasteiger partial charge < -0.3 is 13.7 Å². The van der Waals surface area contributed by atoms with Gasteiger partial charge in [-0.1, -0.05) is 35.5 Å². The number of pyridine rings is 1. The molecule has 0 saturated heterocycles. The third-order valence-corrected chi connectivity index (χ3v) is 6.00. The van der Waals surface area contributed by atoms with Crippen molar-refractivity contribution < 1.29 is 13.7 Å². The lowest BCUT2D eigenvalue weighted by Gasteiger charge is -2.15. The first-order chi connectivity index (χ1) is 15.4. The molecule has 162 valence electrons. The van der Waals surface area contributed by atoms with Gasteiger partial charge in [-0.2, -0.15) is 0 Å². The Balaban J connectivity index is 1.86. The standard InChI is InChI=1S/C25H23N3O4/c1-13-22(16(4)32-27-13)19-11-20-18(12-21(19)30-5)23-24(14(2)26-20)31-25(29)28(23)15(3)17-9-7-6-8-10-17/h6-12,15H,1-5H3. The molecule has 0 radical (unpaired) electrons. The number of hydrogen-bond donors (Lipinski definition) is 0. The fourth-order valence-corrected chi connectivity index (χ4v) is 4.43. The Morgan fingerprint density at radius 3 is 2.47 bits per heavy atom. The number of aryl methyl sites for hydroxylation is 3. The number of benzene rings is 2. The fraction of sp³-hybridized carbons (Fsp3) is 0.240. The van der Waals surface area contributed by atoms with Gasteiger partial charge in [0.05, 0.1) is 35.6 Å². The Bertz CT molecular complexity index is 1510. The predicted octanol–water partition coefficient (Wildman–Crippen LogP) is 5.34. The molecule has 32 heavy (non-hydrogen) atoms. The minimum absolute atomic E-state index is 0.219. The van der Waals surface area contributed by atoms with E-state index in [4.69, 9.17) is 18.7 Å².